The van der Waals surface area contributed by atoms with Crippen molar-refractivity contribution in [3.8, 4) is 11.5 Å². The van der Waals surface area contributed by atoms with Crippen molar-refractivity contribution in [1.82, 2.24) is 20.9 Å². The minimum atomic E-state index is -0.664. The van der Waals surface area contributed by atoms with Crippen LogP contribution in [0.2, 0.25) is 0 Å². The standard InChI is InChI=1S/C22H27ClN2O3.C22H28N2O4/c1-14-10-15(2)12-16(11-14)21(27)25(22(3,4)5)24-20(26)17-8-7-9-19(28-6)18(17)13-23;1-14-10-15(2)12-16(11-14)21(27)24(22(3,4)5)23-20(26)17-8-7-9-19(28-6)18(17)13-25/h7-12H,13H2,1-6H3,(H,24,26);7-12,25H,13H2,1-6H3,(H,23,26). The Morgan fingerprint density at radius 2 is 0.946 bits per heavy atom. The summed E-state index contributed by atoms with van der Waals surface area (Å²) in [6.07, 6.45) is 0. The minimum Gasteiger partial charge on any atom is -0.496 e. The summed E-state index contributed by atoms with van der Waals surface area (Å²) in [7, 11) is 3.00. The van der Waals surface area contributed by atoms with Crippen LogP contribution in [-0.2, 0) is 12.5 Å². The number of alkyl halides is 1. The van der Waals surface area contributed by atoms with Crippen LogP contribution in [0.4, 0.5) is 0 Å². The molecule has 0 radical (unpaired) electrons. The quantitative estimate of drug-likeness (QED) is 0.122. The van der Waals surface area contributed by atoms with Crippen molar-refractivity contribution in [2.24, 2.45) is 0 Å². The number of amides is 4. The summed E-state index contributed by atoms with van der Waals surface area (Å²) in [6.45, 7) is 18.5. The van der Waals surface area contributed by atoms with Gasteiger partial charge in [-0.15, -0.1) is 11.6 Å². The van der Waals surface area contributed by atoms with E-state index in [1.807, 2.05) is 93.5 Å². The van der Waals surface area contributed by atoms with Crippen LogP contribution >= 0.6 is 11.6 Å². The van der Waals surface area contributed by atoms with Gasteiger partial charge >= 0.3 is 0 Å². The van der Waals surface area contributed by atoms with Gasteiger partial charge in [0.25, 0.3) is 23.6 Å². The minimum absolute atomic E-state index is 0.118. The summed E-state index contributed by atoms with van der Waals surface area (Å²) in [4.78, 5) is 52.3. The van der Waals surface area contributed by atoms with Gasteiger partial charge in [0.15, 0.2) is 0 Å². The molecule has 300 valence electrons. The predicted octanol–water partition coefficient (Wildman–Crippen LogP) is 8.03. The Morgan fingerprint density at radius 1 is 0.607 bits per heavy atom. The summed E-state index contributed by atoms with van der Waals surface area (Å²) < 4.78 is 10.5. The van der Waals surface area contributed by atoms with E-state index in [2.05, 4.69) is 10.9 Å². The molecule has 4 aromatic carbocycles. The van der Waals surface area contributed by atoms with Crippen LogP contribution in [0.3, 0.4) is 0 Å². The van der Waals surface area contributed by atoms with Crippen LogP contribution < -0.4 is 20.3 Å². The molecule has 56 heavy (non-hydrogen) atoms. The second-order valence-electron chi connectivity index (χ2n) is 15.5. The molecule has 12 heteroatoms. The zero-order valence-corrected chi connectivity index (χ0v) is 35.3. The Morgan fingerprint density at radius 3 is 1.25 bits per heavy atom. The van der Waals surface area contributed by atoms with E-state index in [9.17, 15) is 24.3 Å². The van der Waals surface area contributed by atoms with Crippen molar-refractivity contribution < 1.29 is 33.8 Å². The lowest BCUT2D eigenvalue weighted by molar-refractivity contribution is 0.0356. The van der Waals surface area contributed by atoms with Gasteiger partial charge in [-0.3, -0.25) is 30.0 Å². The zero-order chi connectivity index (χ0) is 42.1. The lowest BCUT2D eigenvalue weighted by atomic mass is 10.0. The first-order valence-electron chi connectivity index (χ1n) is 18.1. The fourth-order valence-corrected chi connectivity index (χ4v) is 6.34. The number of rotatable bonds is 8. The summed E-state index contributed by atoms with van der Waals surface area (Å²) >= 11 is 6.04. The van der Waals surface area contributed by atoms with Crippen molar-refractivity contribution in [3.63, 3.8) is 0 Å². The number of aliphatic hydroxyl groups is 1. The number of benzene rings is 4. The number of aryl methyl sites for hydroxylation is 4. The predicted molar refractivity (Wildman–Crippen MR) is 220 cm³/mol. The fourth-order valence-electron chi connectivity index (χ4n) is 6.06. The number of hydrazine groups is 2. The van der Waals surface area contributed by atoms with Gasteiger partial charge in [-0.2, -0.15) is 0 Å². The lowest BCUT2D eigenvalue weighted by Crippen LogP contribution is -2.56. The maximum atomic E-state index is 13.2. The third-order valence-electron chi connectivity index (χ3n) is 8.60. The molecule has 0 unspecified atom stereocenters. The largest absolute Gasteiger partial charge is 0.496 e. The van der Waals surface area contributed by atoms with Gasteiger partial charge in [0.1, 0.15) is 11.5 Å². The smallest absolute Gasteiger partial charge is 0.272 e. The monoisotopic (exact) mass is 786 g/mol. The molecule has 0 spiro atoms. The second kappa shape index (κ2) is 19.0. The molecular weight excluding hydrogens is 732 g/mol. The van der Waals surface area contributed by atoms with E-state index in [0.29, 0.717) is 39.3 Å². The highest BCUT2D eigenvalue weighted by molar-refractivity contribution is 6.18. The van der Waals surface area contributed by atoms with Gasteiger partial charge in [0.2, 0.25) is 0 Å². The number of nitrogens with zero attached hydrogens (tertiary/aromatic N) is 2. The first-order valence-corrected chi connectivity index (χ1v) is 18.7. The molecular formula is C44H55ClN4O7. The third-order valence-corrected chi connectivity index (χ3v) is 8.87. The number of hydrogen-bond donors (Lipinski definition) is 3. The molecule has 0 aromatic heterocycles. The number of carbonyl (C=O) groups excluding carboxylic acids is 4. The highest BCUT2D eigenvalue weighted by Gasteiger charge is 2.32. The van der Waals surface area contributed by atoms with Crippen molar-refractivity contribution in [2.45, 2.75) is 92.8 Å². The number of ether oxygens (including phenoxy) is 2. The van der Waals surface area contributed by atoms with Crippen molar-refractivity contribution in [1.29, 1.82) is 0 Å². The molecule has 4 amide bonds. The Bertz CT molecular complexity index is 1880. The van der Waals surface area contributed by atoms with Gasteiger partial charge in [0.05, 0.1) is 43.3 Å². The molecule has 0 bridgehead atoms. The maximum absolute atomic E-state index is 13.2. The molecule has 0 saturated carbocycles. The van der Waals surface area contributed by atoms with Crippen molar-refractivity contribution >= 4 is 35.2 Å². The van der Waals surface area contributed by atoms with Gasteiger partial charge in [0, 0.05) is 27.8 Å². The summed E-state index contributed by atoms with van der Waals surface area (Å²) in [5, 5.41) is 12.4. The number of aliphatic hydroxyl groups excluding tert-OH is 1. The SMILES string of the molecule is COc1cccc(C(=O)NN(C(=O)c2cc(C)cc(C)c2)C(C)(C)C)c1CCl.COc1cccc(C(=O)NN(C(=O)c2cc(C)cc(C)c2)C(C)(C)C)c1CO. The van der Waals surface area contributed by atoms with Gasteiger partial charge in [-0.1, -0.05) is 46.5 Å². The molecule has 0 aliphatic heterocycles. The number of nitrogens with one attached hydrogen (secondary N) is 2. The topological polar surface area (TPSA) is 138 Å². The second-order valence-corrected chi connectivity index (χ2v) is 15.8. The molecule has 0 aliphatic carbocycles. The molecule has 11 nitrogen and oxygen atoms in total. The van der Waals surface area contributed by atoms with Crippen molar-refractivity contribution in [3.05, 3.63) is 128 Å². The van der Waals surface area contributed by atoms with Gasteiger partial charge in [-0.05, 0) is 118 Å². The van der Waals surface area contributed by atoms with Crippen LogP contribution in [0, 0.1) is 27.7 Å². The number of methoxy groups -OCH3 is 2. The average Bonchev–Trinajstić information content (AvgIpc) is 3.12. The highest BCUT2D eigenvalue weighted by Crippen LogP contribution is 2.26. The Balaban J connectivity index is 0.000000300. The number of halogens is 1. The molecule has 4 aromatic rings. The Labute approximate surface area is 335 Å². The molecule has 0 fully saturated rings. The lowest BCUT2D eigenvalue weighted by Gasteiger charge is -2.35. The Kier molecular flexibility index (Phi) is 15.2. The Hall–Kier alpha value is -5.39. The van der Waals surface area contributed by atoms with Crippen LogP contribution in [0.1, 0.15) is 116 Å². The molecule has 0 aliphatic rings. The normalized spacial score (nSPS) is 11.1. The molecule has 4 rings (SSSR count). The van der Waals surface area contributed by atoms with E-state index in [1.165, 1.54) is 24.2 Å². The zero-order valence-electron chi connectivity index (χ0n) is 34.5. The summed E-state index contributed by atoms with van der Waals surface area (Å²) in [6, 6.07) is 21.3. The van der Waals surface area contributed by atoms with E-state index in [4.69, 9.17) is 21.1 Å². The van der Waals surface area contributed by atoms with Crippen LogP contribution in [0.25, 0.3) is 0 Å². The average molecular weight is 787 g/mol. The van der Waals surface area contributed by atoms with Gasteiger partial charge < -0.3 is 14.6 Å². The first kappa shape index (κ1) is 45.0. The molecule has 3 N–H and O–H groups in total. The summed E-state index contributed by atoms with van der Waals surface area (Å²) in [5.41, 5.74) is 10.7. The van der Waals surface area contributed by atoms with Gasteiger partial charge in [-0.25, -0.2) is 10.0 Å². The first-order chi connectivity index (χ1) is 26.2. The van der Waals surface area contributed by atoms with Crippen molar-refractivity contribution in [2.75, 3.05) is 14.2 Å². The third kappa shape index (κ3) is 11.3. The fraction of sp³-hybridized carbons (Fsp3) is 0.364. The highest BCUT2D eigenvalue weighted by atomic mass is 35.5. The van der Waals surface area contributed by atoms with E-state index >= 15 is 0 Å². The van der Waals surface area contributed by atoms with Crippen LogP contribution in [0.5, 0.6) is 11.5 Å². The molecule has 0 saturated heterocycles. The van der Waals surface area contributed by atoms with Crippen LogP contribution in [-0.4, -0.2) is 64.1 Å². The van der Waals surface area contributed by atoms with E-state index < -0.39 is 22.9 Å². The maximum Gasteiger partial charge on any atom is 0.272 e. The molecule has 0 heterocycles. The van der Waals surface area contributed by atoms with Crippen LogP contribution in [0.15, 0.2) is 72.8 Å². The molecule has 0 atom stereocenters. The summed E-state index contributed by atoms with van der Waals surface area (Å²) in [5.74, 6) is -0.418. The van der Waals surface area contributed by atoms with E-state index in [1.54, 1.807) is 48.5 Å². The van der Waals surface area contributed by atoms with E-state index in [-0.39, 0.29) is 29.9 Å². The number of hydrogen-bond acceptors (Lipinski definition) is 7. The number of carbonyl (C=O) groups is 4. The van der Waals surface area contributed by atoms with E-state index in [0.717, 1.165) is 22.3 Å².